The number of rotatable bonds is 3. The zero-order valence-corrected chi connectivity index (χ0v) is 8.69. The zero-order valence-electron chi connectivity index (χ0n) is 8.69. The monoisotopic (exact) mass is 183 g/mol. The van der Waals surface area contributed by atoms with Crippen LogP contribution in [0.25, 0.3) is 0 Å². The van der Waals surface area contributed by atoms with Gasteiger partial charge in [-0.25, -0.2) is 0 Å². The molecule has 1 aromatic heterocycles. The van der Waals surface area contributed by atoms with Crippen LogP contribution in [0.5, 0.6) is 0 Å². The molecule has 1 unspecified atom stereocenters. The van der Waals surface area contributed by atoms with E-state index in [1.165, 1.54) is 0 Å². The van der Waals surface area contributed by atoms with Crippen LogP contribution >= 0.6 is 0 Å². The first-order chi connectivity index (χ1) is 5.99. The minimum atomic E-state index is -0.0811. The quantitative estimate of drug-likeness (QED) is 0.715. The van der Waals surface area contributed by atoms with E-state index >= 15 is 0 Å². The third-order valence-electron chi connectivity index (χ3n) is 1.70. The highest BCUT2D eigenvalue weighted by molar-refractivity contribution is 4.70. The van der Waals surface area contributed by atoms with E-state index in [0.29, 0.717) is 6.61 Å². The lowest BCUT2D eigenvalue weighted by Crippen LogP contribution is -2.23. The molecule has 0 saturated carbocycles. The molecule has 0 saturated heterocycles. The average Bonchev–Trinajstić information content (AvgIpc) is 2.50. The molecule has 1 rings (SSSR count). The molecule has 74 valence electrons. The summed E-state index contributed by atoms with van der Waals surface area (Å²) in [6, 6.07) is 0.286. The Hall–Kier alpha value is -0.900. The molecule has 4 heteroatoms. The summed E-state index contributed by atoms with van der Waals surface area (Å²) < 4.78 is 7.57. The number of hydrogen-bond acceptors (Lipinski definition) is 3. The highest BCUT2D eigenvalue weighted by atomic mass is 16.5. The van der Waals surface area contributed by atoms with Gasteiger partial charge in [0.2, 0.25) is 0 Å². The molecule has 0 aliphatic heterocycles. The van der Waals surface area contributed by atoms with Gasteiger partial charge in [0.1, 0.15) is 12.7 Å². The molecular formula is C9H17N3O. The van der Waals surface area contributed by atoms with Gasteiger partial charge < -0.3 is 9.30 Å². The molecule has 0 aliphatic carbocycles. The van der Waals surface area contributed by atoms with Crippen molar-refractivity contribution in [1.82, 2.24) is 14.8 Å². The second-order valence-electron chi connectivity index (χ2n) is 4.18. The van der Waals surface area contributed by atoms with Crippen LogP contribution in [0.3, 0.4) is 0 Å². The second-order valence-corrected chi connectivity index (χ2v) is 4.18. The SMILES string of the molecule is CC(COC(C)(C)C)n1cnnc1. The maximum Gasteiger partial charge on any atom is 0.119 e. The molecular weight excluding hydrogens is 166 g/mol. The van der Waals surface area contributed by atoms with Crippen molar-refractivity contribution in [3.8, 4) is 0 Å². The fourth-order valence-electron chi connectivity index (χ4n) is 0.893. The summed E-state index contributed by atoms with van der Waals surface area (Å²) in [7, 11) is 0. The second kappa shape index (κ2) is 3.87. The van der Waals surface area contributed by atoms with E-state index < -0.39 is 0 Å². The van der Waals surface area contributed by atoms with Gasteiger partial charge in [0.15, 0.2) is 0 Å². The smallest absolute Gasteiger partial charge is 0.119 e. The summed E-state index contributed by atoms with van der Waals surface area (Å²) >= 11 is 0. The minimum Gasteiger partial charge on any atom is -0.374 e. The maximum absolute atomic E-state index is 5.64. The average molecular weight is 183 g/mol. The fourth-order valence-corrected chi connectivity index (χ4v) is 0.893. The summed E-state index contributed by atoms with van der Waals surface area (Å²) in [6.45, 7) is 8.90. The van der Waals surface area contributed by atoms with Gasteiger partial charge in [0, 0.05) is 0 Å². The van der Waals surface area contributed by atoms with Crippen LogP contribution in [0.1, 0.15) is 33.7 Å². The van der Waals surface area contributed by atoms with E-state index in [2.05, 4.69) is 17.1 Å². The van der Waals surface area contributed by atoms with Crippen molar-refractivity contribution in [2.24, 2.45) is 0 Å². The molecule has 0 aliphatic rings. The molecule has 0 aromatic carbocycles. The van der Waals surface area contributed by atoms with Crippen molar-refractivity contribution in [3.63, 3.8) is 0 Å². The number of hydrogen-bond donors (Lipinski definition) is 0. The molecule has 13 heavy (non-hydrogen) atoms. The van der Waals surface area contributed by atoms with Crippen molar-refractivity contribution in [2.75, 3.05) is 6.61 Å². The van der Waals surface area contributed by atoms with Crippen LogP contribution in [0, 0.1) is 0 Å². The lowest BCUT2D eigenvalue weighted by molar-refractivity contribution is -0.0172. The van der Waals surface area contributed by atoms with E-state index in [1.54, 1.807) is 12.7 Å². The largest absolute Gasteiger partial charge is 0.374 e. The standard InChI is InChI=1S/C9H17N3O/c1-8(5-13-9(2,3)4)12-6-10-11-7-12/h6-8H,5H2,1-4H3. The van der Waals surface area contributed by atoms with Gasteiger partial charge in [-0.1, -0.05) is 0 Å². The van der Waals surface area contributed by atoms with E-state index in [9.17, 15) is 0 Å². The van der Waals surface area contributed by atoms with E-state index in [0.717, 1.165) is 0 Å². The van der Waals surface area contributed by atoms with Gasteiger partial charge in [-0.05, 0) is 27.7 Å². The molecule has 0 amide bonds. The lowest BCUT2D eigenvalue weighted by Gasteiger charge is -2.22. The Balaban J connectivity index is 2.39. The first kappa shape index (κ1) is 10.2. The van der Waals surface area contributed by atoms with Crippen molar-refractivity contribution in [2.45, 2.75) is 39.3 Å². The molecule has 0 bridgehead atoms. The van der Waals surface area contributed by atoms with Gasteiger partial charge in [-0.15, -0.1) is 10.2 Å². The Morgan fingerprint density at radius 1 is 1.31 bits per heavy atom. The Bertz CT molecular complexity index is 238. The third kappa shape index (κ3) is 3.55. The molecule has 1 aromatic rings. The van der Waals surface area contributed by atoms with E-state index in [-0.39, 0.29) is 11.6 Å². The van der Waals surface area contributed by atoms with E-state index in [4.69, 9.17) is 4.74 Å². The van der Waals surface area contributed by atoms with Crippen LogP contribution in [0.4, 0.5) is 0 Å². The zero-order chi connectivity index (χ0) is 9.90. The number of aromatic nitrogens is 3. The predicted octanol–water partition coefficient (Wildman–Crippen LogP) is 1.65. The molecule has 1 heterocycles. The Kier molecular flexibility index (Phi) is 3.03. The first-order valence-electron chi connectivity index (χ1n) is 4.47. The summed E-state index contributed by atoms with van der Waals surface area (Å²) in [5.74, 6) is 0. The summed E-state index contributed by atoms with van der Waals surface area (Å²) in [4.78, 5) is 0. The molecule has 0 radical (unpaired) electrons. The Morgan fingerprint density at radius 3 is 2.31 bits per heavy atom. The maximum atomic E-state index is 5.64. The molecule has 0 fully saturated rings. The van der Waals surface area contributed by atoms with Crippen LogP contribution in [-0.2, 0) is 4.74 Å². The summed E-state index contributed by atoms with van der Waals surface area (Å²) in [5, 5.41) is 7.49. The van der Waals surface area contributed by atoms with Gasteiger partial charge in [0.05, 0.1) is 18.2 Å². The van der Waals surface area contributed by atoms with Crippen molar-refractivity contribution < 1.29 is 4.74 Å². The minimum absolute atomic E-state index is 0.0811. The van der Waals surface area contributed by atoms with Gasteiger partial charge in [0.25, 0.3) is 0 Å². The van der Waals surface area contributed by atoms with Gasteiger partial charge >= 0.3 is 0 Å². The summed E-state index contributed by atoms with van der Waals surface area (Å²) in [6.07, 6.45) is 3.41. The molecule has 4 nitrogen and oxygen atoms in total. The highest BCUT2D eigenvalue weighted by Crippen LogP contribution is 2.11. The van der Waals surface area contributed by atoms with Crippen LogP contribution < -0.4 is 0 Å². The first-order valence-corrected chi connectivity index (χ1v) is 4.47. The molecule has 0 spiro atoms. The van der Waals surface area contributed by atoms with E-state index in [1.807, 2.05) is 25.3 Å². The van der Waals surface area contributed by atoms with Crippen LogP contribution in [0.2, 0.25) is 0 Å². The van der Waals surface area contributed by atoms with Crippen molar-refractivity contribution >= 4 is 0 Å². The number of nitrogens with zero attached hydrogens (tertiary/aromatic N) is 3. The number of ether oxygens (including phenoxy) is 1. The fraction of sp³-hybridized carbons (Fsp3) is 0.778. The lowest BCUT2D eigenvalue weighted by atomic mass is 10.2. The van der Waals surface area contributed by atoms with Crippen LogP contribution in [-0.4, -0.2) is 27.0 Å². The van der Waals surface area contributed by atoms with Crippen molar-refractivity contribution in [1.29, 1.82) is 0 Å². The molecule has 1 atom stereocenters. The van der Waals surface area contributed by atoms with Crippen molar-refractivity contribution in [3.05, 3.63) is 12.7 Å². The van der Waals surface area contributed by atoms with Crippen LogP contribution in [0.15, 0.2) is 12.7 Å². The Labute approximate surface area is 78.9 Å². The highest BCUT2D eigenvalue weighted by Gasteiger charge is 2.13. The Morgan fingerprint density at radius 2 is 1.85 bits per heavy atom. The molecule has 0 N–H and O–H groups in total. The van der Waals surface area contributed by atoms with Gasteiger partial charge in [-0.3, -0.25) is 0 Å². The summed E-state index contributed by atoms with van der Waals surface area (Å²) in [5.41, 5.74) is -0.0811. The van der Waals surface area contributed by atoms with Gasteiger partial charge in [-0.2, -0.15) is 0 Å². The normalized spacial score (nSPS) is 14.5. The topological polar surface area (TPSA) is 39.9 Å². The third-order valence-corrected chi connectivity index (χ3v) is 1.70. The predicted molar refractivity (Wildman–Crippen MR) is 50.4 cm³/mol.